The molecule has 0 aliphatic carbocycles. The summed E-state index contributed by atoms with van der Waals surface area (Å²) in [6.07, 6.45) is 2.27. The van der Waals surface area contributed by atoms with Crippen LogP contribution in [0.25, 0.3) is 0 Å². The van der Waals surface area contributed by atoms with Gasteiger partial charge in [-0.1, -0.05) is 6.07 Å². The number of halogens is 1. The van der Waals surface area contributed by atoms with E-state index in [2.05, 4.69) is 59.8 Å². The van der Waals surface area contributed by atoms with Crippen LogP contribution in [0.15, 0.2) is 22.7 Å². The lowest BCUT2D eigenvalue weighted by Gasteiger charge is -2.46. The molecule has 0 aromatic heterocycles. The molecular formula is C14H21BrN2. The van der Waals surface area contributed by atoms with Crippen molar-refractivity contribution >= 4 is 21.6 Å². The molecule has 1 unspecified atom stereocenters. The molecule has 1 fully saturated rings. The lowest BCUT2D eigenvalue weighted by Crippen LogP contribution is -2.54. The summed E-state index contributed by atoms with van der Waals surface area (Å²) in [4.78, 5) is 2.44. The SMILES string of the molecule is Cc1ccc(N2CC(N)CCC2(C)C)c(Br)c1. The monoisotopic (exact) mass is 296 g/mol. The molecule has 2 nitrogen and oxygen atoms in total. The first kappa shape index (κ1) is 12.9. The minimum absolute atomic E-state index is 0.188. The number of nitrogens with zero attached hydrogens (tertiary/aromatic N) is 1. The number of hydrogen-bond donors (Lipinski definition) is 1. The first-order chi connectivity index (χ1) is 7.90. The number of nitrogens with two attached hydrogens (primary N) is 1. The summed E-state index contributed by atoms with van der Waals surface area (Å²) in [7, 11) is 0. The second-order valence-corrected chi connectivity index (χ2v) is 6.53. The summed E-state index contributed by atoms with van der Waals surface area (Å²) in [5.74, 6) is 0. The summed E-state index contributed by atoms with van der Waals surface area (Å²) in [6, 6.07) is 6.82. The Hall–Kier alpha value is -0.540. The second-order valence-electron chi connectivity index (χ2n) is 5.68. The maximum Gasteiger partial charge on any atom is 0.0515 e. The summed E-state index contributed by atoms with van der Waals surface area (Å²) in [5, 5.41) is 0. The highest BCUT2D eigenvalue weighted by Gasteiger charge is 2.33. The molecule has 1 aliphatic heterocycles. The topological polar surface area (TPSA) is 29.3 Å². The molecule has 0 bridgehead atoms. The van der Waals surface area contributed by atoms with Crippen molar-refractivity contribution in [3.05, 3.63) is 28.2 Å². The van der Waals surface area contributed by atoms with Crippen molar-refractivity contribution in [1.82, 2.24) is 0 Å². The third kappa shape index (κ3) is 2.66. The van der Waals surface area contributed by atoms with Crippen LogP contribution in [-0.2, 0) is 0 Å². The molecule has 94 valence electrons. The van der Waals surface area contributed by atoms with Crippen molar-refractivity contribution in [3.8, 4) is 0 Å². The zero-order valence-electron chi connectivity index (χ0n) is 10.8. The van der Waals surface area contributed by atoms with Crippen LogP contribution in [0, 0.1) is 6.92 Å². The smallest absolute Gasteiger partial charge is 0.0515 e. The molecule has 17 heavy (non-hydrogen) atoms. The normalized spacial score (nSPS) is 23.8. The van der Waals surface area contributed by atoms with E-state index in [-0.39, 0.29) is 11.6 Å². The molecule has 0 radical (unpaired) electrons. The van der Waals surface area contributed by atoms with Gasteiger partial charge < -0.3 is 10.6 Å². The van der Waals surface area contributed by atoms with Crippen LogP contribution in [0.5, 0.6) is 0 Å². The fourth-order valence-corrected chi connectivity index (χ4v) is 3.21. The van der Waals surface area contributed by atoms with E-state index in [1.807, 2.05) is 0 Å². The Labute approximate surface area is 112 Å². The molecule has 0 amide bonds. The van der Waals surface area contributed by atoms with Crippen LogP contribution >= 0.6 is 15.9 Å². The van der Waals surface area contributed by atoms with Crippen LogP contribution < -0.4 is 10.6 Å². The number of hydrogen-bond acceptors (Lipinski definition) is 2. The van der Waals surface area contributed by atoms with Gasteiger partial charge in [0.25, 0.3) is 0 Å². The molecule has 3 heteroatoms. The highest BCUT2D eigenvalue weighted by atomic mass is 79.9. The number of benzene rings is 1. The highest BCUT2D eigenvalue weighted by Crippen LogP contribution is 2.36. The predicted octanol–water partition coefficient (Wildman–Crippen LogP) is 3.46. The summed E-state index contributed by atoms with van der Waals surface area (Å²) in [6.45, 7) is 7.65. The van der Waals surface area contributed by atoms with Crippen molar-refractivity contribution < 1.29 is 0 Å². The molecule has 2 N–H and O–H groups in total. The molecule has 2 rings (SSSR count). The van der Waals surface area contributed by atoms with Gasteiger partial charge in [0.1, 0.15) is 0 Å². The molecule has 1 aromatic carbocycles. The first-order valence-electron chi connectivity index (χ1n) is 6.19. The van der Waals surface area contributed by atoms with E-state index in [1.165, 1.54) is 15.7 Å². The highest BCUT2D eigenvalue weighted by molar-refractivity contribution is 9.10. The van der Waals surface area contributed by atoms with Gasteiger partial charge in [0.05, 0.1) is 5.69 Å². The minimum atomic E-state index is 0.188. The summed E-state index contributed by atoms with van der Waals surface area (Å²) < 4.78 is 1.17. The van der Waals surface area contributed by atoms with E-state index >= 15 is 0 Å². The van der Waals surface area contributed by atoms with E-state index in [1.54, 1.807) is 0 Å². The Balaban J connectivity index is 2.36. The van der Waals surface area contributed by atoms with Gasteiger partial charge in [0, 0.05) is 22.6 Å². The molecule has 1 atom stereocenters. The zero-order valence-corrected chi connectivity index (χ0v) is 12.4. The molecule has 1 saturated heterocycles. The third-order valence-electron chi connectivity index (χ3n) is 3.67. The van der Waals surface area contributed by atoms with Gasteiger partial charge in [-0.15, -0.1) is 0 Å². The van der Waals surface area contributed by atoms with Gasteiger partial charge in [-0.2, -0.15) is 0 Å². The Kier molecular flexibility index (Phi) is 3.50. The van der Waals surface area contributed by atoms with Crippen molar-refractivity contribution in [1.29, 1.82) is 0 Å². The number of anilines is 1. The number of piperidine rings is 1. The fraction of sp³-hybridized carbons (Fsp3) is 0.571. The average Bonchev–Trinajstić information content (AvgIpc) is 2.23. The van der Waals surface area contributed by atoms with E-state index in [0.29, 0.717) is 0 Å². The fourth-order valence-electron chi connectivity index (χ4n) is 2.50. The minimum Gasteiger partial charge on any atom is -0.364 e. The van der Waals surface area contributed by atoms with Crippen LogP contribution in [0.4, 0.5) is 5.69 Å². The Morgan fingerprint density at radius 3 is 2.76 bits per heavy atom. The van der Waals surface area contributed by atoms with Crippen LogP contribution in [0.3, 0.4) is 0 Å². The molecule has 0 spiro atoms. The largest absolute Gasteiger partial charge is 0.364 e. The van der Waals surface area contributed by atoms with Gasteiger partial charge in [-0.05, 0) is 67.2 Å². The van der Waals surface area contributed by atoms with Crippen molar-refractivity contribution in [2.75, 3.05) is 11.4 Å². The van der Waals surface area contributed by atoms with Crippen molar-refractivity contribution in [2.45, 2.75) is 45.2 Å². The molecular weight excluding hydrogens is 276 g/mol. The Morgan fingerprint density at radius 2 is 2.12 bits per heavy atom. The molecule has 1 aliphatic rings. The molecule has 1 aromatic rings. The maximum atomic E-state index is 6.11. The van der Waals surface area contributed by atoms with Crippen LogP contribution in [0.1, 0.15) is 32.3 Å². The molecule has 1 heterocycles. The second kappa shape index (κ2) is 4.62. The van der Waals surface area contributed by atoms with Gasteiger partial charge in [0.2, 0.25) is 0 Å². The van der Waals surface area contributed by atoms with Gasteiger partial charge >= 0.3 is 0 Å². The quantitative estimate of drug-likeness (QED) is 0.860. The van der Waals surface area contributed by atoms with Crippen LogP contribution in [0.2, 0.25) is 0 Å². The predicted molar refractivity (Wildman–Crippen MR) is 77.5 cm³/mol. The standard InChI is InChI=1S/C14H21BrN2/c1-10-4-5-13(12(15)8-10)17-9-11(16)6-7-14(17,2)3/h4-5,8,11H,6-7,9,16H2,1-3H3. The van der Waals surface area contributed by atoms with E-state index < -0.39 is 0 Å². The Morgan fingerprint density at radius 1 is 1.41 bits per heavy atom. The first-order valence-corrected chi connectivity index (χ1v) is 6.99. The van der Waals surface area contributed by atoms with Crippen molar-refractivity contribution in [3.63, 3.8) is 0 Å². The van der Waals surface area contributed by atoms with Gasteiger partial charge in [0.15, 0.2) is 0 Å². The Bertz CT molecular complexity index is 415. The van der Waals surface area contributed by atoms with Gasteiger partial charge in [-0.25, -0.2) is 0 Å². The summed E-state index contributed by atoms with van der Waals surface area (Å²) >= 11 is 3.67. The number of aryl methyl sites for hydroxylation is 1. The number of rotatable bonds is 1. The molecule has 0 saturated carbocycles. The average molecular weight is 297 g/mol. The maximum absolute atomic E-state index is 6.11. The lowest BCUT2D eigenvalue weighted by molar-refractivity contribution is 0.334. The van der Waals surface area contributed by atoms with E-state index in [9.17, 15) is 0 Å². The zero-order chi connectivity index (χ0) is 12.6. The van der Waals surface area contributed by atoms with E-state index in [4.69, 9.17) is 5.73 Å². The lowest BCUT2D eigenvalue weighted by atomic mass is 9.88. The van der Waals surface area contributed by atoms with E-state index in [0.717, 1.165) is 19.4 Å². The van der Waals surface area contributed by atoms with Crippen LogP contribution in [-0.4, -0.2) is 18.1 Å². The van der Waals surface area contributed by atoms with Gasteiger partial charge in [-0.3, -0.25) is 0 Å². The summed E-state index contributed by atoms with van der Waals surface area (Å²) in [5.41, 5.74) is 8.83. The van der Waals surface area contributed by atoms with Crippen molar-refractivity contribution in [2.24, 2.45) is 5.73 Å². The third-order valence-corrected chi connectivity index (χ3v) is 4.30.